The zero-order chi connectivity index (χ0) is 7.30. The van der Waals surface area contributed by atoms with Crippen LogP contribution in [-0.4, -0.2) is 20.6 Å². The van der Waals surface area contributed by atoms with E-state index in [4.69, 9.17) is 0 Å². The molecule has 2 aliphatic rings. The van der Waals surface area contributed by atoms with E-state index >= 15 is 0 Å². The highest BCUT2D eigenvalue weighted by Gasteiger charge is 2.31. The summed E-state index contributed by atoms with van der Waals surface area (Å²) in [5.41, 5.74) is 0.345. The van der Waals surface area contributed by atoms with Crippen molar-refractivity contribution < 1.29 is 9.59 Å². The summed E-state index contributed by atoms with van der Waals surface area (Å²) < 4.78 is 1.13. The molecule has 0 saturated carbocycles. The van der Waals surface area contributed by atoms with Crippen molar-refractivity contribution in [2.24, 2.45) is 0 Å². The molecule has 0 unspecified atom stereocenters. The lowest BCUT2D eigenvalue weighted by Crippen LogP contribution is -2.15. The molecule has 4 nitrogen and oxygen atoms in total. The Labute approximate surface area is 61.3 Å². The standard InChI is InChI=1S/C5H2N2O2S/c8-3-2-1-7(5(9)10)4(3)6-2/h1H,(H,9,10). The normalized spacial score (nSPS) is 13.1. The molecule has 10 heavy (non-hydrogen) atoms. The number of ketones is 1. The van der Waals surface area contributed by atoms with Crippen LogP contribution in [-0.2, 0) is 0 Å². The Balaban J connectivity index is 2.62. The van der Waals surface area contributed by atoms with Crippen molar-refractivity contribution in [3.05, 3.63) is 17.7 Å². The number of fused-ring (bicyclic) bond motifs is 1. The molecule has 0 fully saturated rings. The third-order valence-electron chi connectivity index (χ3n) is 1.35. The summed E-state index contributed by atoms with van der Waals surface area (Å²) in [5, 5.41) is -0.473. The number of carbonyl (C=O) groups excluding carboxylic acids is 2. The Morgan fingerprint density at radius 2 is 2.40 bits per heavy atom. The van der Waals surface area contributed by atoms with E-state index in [9.17, 15) is 9.59 Å². The van der Waals surface area contributed by atoms with Gasteiger partial charge in [-0.3, -0.25) is 14.2 Å². The van der Waals surface area contributed by atoms with Crippen LogP contribution in [0.2, 0.25) is 0 Å². The molecule has 0 saturated heterocycles. The topological polar surface area (TPSA) is 52.0 Å². The van der Waals surface area contributed by atoms with Crippen LogP contribution in [0.3, 0.4) is 0 Å². The van der Waals surface area contributed by atoms with Crippen molar-refractivity contribution >= 4 is 23.7 Å². The first-order chi connectivity index (χ1) is 4.70. The molecule has 0 amide bonds. The van der Waals surface area contributed by atoms with E-state index in [-0.39, 0.29) is 11.6 Å². The average Bonchev–Trinajstić information content (AvgIpc) is 2.40. The summed E-state index contributed by atoms with van der Waals surface area (Å²) in [7, 11) is 0. The second kappa shape index (κ2) is 1.49. The Hall–Kier alpha value is -1.10. The van der Waals surface area contributed by atoms with Gasteiger partial charge in [-0.2, -0.15) is 0 Å². The smallest absolute Gasteiger partial charge is 0.283 e. The van der Waals surface area contributed by atoms with E-state index in [0.29, 0.717) is 5.69 Å². The van der Waals surface area contributed by atoms with E-state index in [0.717, 1.165) is 4.57 Å². The second-order valence-electron chi connectivity index (χ2n) is 1.93. The molecule has 0 spiro atoms. The van der Waals surface area contributed by atoms with Gasteiger partial charge >= 0.3 is 0 Å². The quantitative estimate of drug-likeness (QED) is 0.556. The number of thiol groups is 1. The summed E-state index contributed by atoms with van der Waals surface area (Å²) in [6, 6.07) is 0. The molecule has 5 heteroatoms. The summed E-state index contributed by atoms with van der Waals surface area (Å²) in [4.78, 5) is 25.0. The van der Waals surface area contributed by atoms with Crippen molar-refractivity contribution in [3.63, 3.8) is 0 Å². The van der Waals surface area contributed by atoms with Crippen LogP contribution in [0.15, 0.2) is 6.20 Å². The molecule has 0 aliphatic carbocycles. The molecule has 0 atom stereocenters. The van der Waals surface area contributed by atoms with Crippen LogP contribution in [0.1, 0.15) is 16.3 Å². The Morgan fingerprint density at radius 1 is 1.70 bits per heavy atom. The molecule has 2 bridgehead atoms. The highest BCUT2D eigenvalue weighted by molar-refractivity contribution is 7.96. The van der Waals surface area contributed by atoms with Crippen LogP contribution in [0.4, 0.5) is 4.79 Å². The molecule has 1 aromatic rings. The van der Waals surface area contributed by atoms with Crippen LogP contribution < -0.4 is 0 Å². The first-order valence-electron chi connectivity index (χ1n) is 2.57. The molecule has 0 aromatic carbocycles. The number of hydrogen-bond acceptors (Lipinski definition) is 3. The Bertz CT molecular complexity index is 341. The van der Waals surface area contributed by atoms with Crippen LogP contribution in [0.5, 0.6) is 0 Å². The summed E-state index contributed by atoms with van der Waals surface area (Å²) >= 11 is 3.53. The van der Waals surface area contributed by atoms with Gasteiger partial charge in [-0.1, -0.05) is 12.6 Å². The maximum Gasteiger partial charge on any atom is 0.288 e. The lowest BCUT2D eigenvalue weighted by Gasteiger charge is -1.99. The van der Waals surface area contributed by atoms with E-state index in [1.165, 1.54) is 6.20 Å². The molecular weight excluding hydrogens is 152 g/mol. The molecule has 2 aliphatic heterocycles. The van der Waals surface area contributed by atoms with Gasteiger partial charge in [0.2, 0.25) is 5.78 Å². The minimum atomic E-state index is -0.473. The van der Waals surface area contributed by atoms with Gasteiger partial charge in [0.15, 0.2) is 5.82 Å². The van der Waals surface area contributed by atoms with E-state index < -0.39 is 5.24 Å². The predicted molar refractivity (Wildman–Crippen MR) is 35.4 cm³/mol. The Morgan fingerprint density at radius 3 is 2.60 bits per heavy atom. The fourth-order valence-electron chi connectivity index (χ4n) is 0.857. The van der Waals surface area contributed by atoms with Crippen LogP contribution in [0, 0.1) is 0 Å². The monoisotopic (exact) mass is 154 g/mol. The lowest BCUT2D eigenvalue weighted by molar-refractivity contribution is 0.100. The second-order valence-corrected chi connectivity index (χ2v) is 2.31. The molecule has 50 valence electrons. The first kappa shape index (κ1) is 5.67. The van der Waals surface area contributed by atoms with Crippen molar-refractivity contribution in [2.45, 2.75) is 0 Å². The number of imidazole rings is 1. The van der Waals surface area contributed by atoms with Crippen molar-refractivity contribution in [1.82, 2.24) is 9.55 Å². The predicted octanol–water partition coefficient (Wildman–Crippen LogP) is 0.325. The number of nitrogens with zero attached hydrogens (tertiary/aromatic N) is 2. The zero-order valence-electron chi connectivity index (χ0n) is 4.74. The molecule has 1 aromatic heterocycles. The van der Waals surface area contributed by atoms with Gasteiger partial charge in [0.05, 0.1) is 0 Å². The molecule has 0 radical (unpaired) electrons. The fourth-order valence-corrected chi connectivity index (χ4v) is 1.01. The largest absolute Gasteiger partial charge is 0.288 e. The molecule has 3 heterocycles. The van der Waals surface area contributed by atoms with Gasteiger partial charge in [0.25, 0.3) is 5.24 Å². The van der Waals surface area contributed by atoms with Crippen molar-refractivity contribution in [2.75, 3.05) is 0 Å². The SMILES string of the molecule is O=C1c2cn(C(=O)S)c1n2. The maximum atomic E-state index is 10.7. The van der Waals surface area contributed by atoms with E-state index in [1.807, 2.05) is 0 Å². The third-order valence-corrected chi connectivity index (χ3v) is 1.56. The number of aromatic nitrogens is 2. The summed E-state index contributed by atoms with van der Waals surface area (Å²) in [5.74, 6) is 0.0254. The lowest BCUT2D eigenvalue weighted by atomic mass is 10.2. The van der Waals surface area contributed by atoms with E-state index in [2.05, 4.69) is 17.6 Å². The minimum absolute atomic E-state index is 0.164. The maximum absolute atomic E-state index is 10.7. The van der Waals surface area contributed by atoms with Crippen molar-refractivity contribution in [1.29, 1.82) is 0 Å². The van der Waals surface area contributed by atoms with Crippen molar-refractivity contribution in [3.8, 4) is 0 Å². The molecule has 0 N–H and O–H groups in total. The Kier molecular flexibility index (Phi) is 0.843. The van der Waals surface area contributed by atoms with Gasteiger partial charge in [-0.25, -0.2) is 4.98 Å². The minimum Gasteiger partial charge on any atom is -0.283 e. The fraction of sp³-hybridized carbons (Fsp3) is 0. The van der Waals surface area contributed by atoms with Gasteiger partial charge in [0, 0.05) is 6.20 Å². The average molecular weight is 154 g/mol. The van der Waals surface area contributed by atoms with Gasteiger partial charge in [-0.15, -0.1) is 0 Å². The van der Waals surface area contributed by atoms with Crippen LogP contribution >= 0.6 is 12.6 Å². The zero-order valence-corrected chi connectivity index (χ0v) is 5.63. The number of carbonyl (C=O) groups is 2. The molecular formula is C5H2N2O2S. The summed E-state index contributed by atoms with van der Waals surface area (Å²) in [6.07, 6.45) is 1.38. The van der Waals surface area contributed by atoms with Gasteiger partial charge < -0.3 is 0 Å². The molecule has 3 rings (SSSR count). The third kappa shape index (κ3) is 0.458. The van der Waals surface area contributed by atoms with E-state index in [1.54, 1.807) is 0 Å². The van der Waals surface area contributed by atoms with Gasteiger partial charge in [0.1, 0.15) is 5.69 Å². The number of rotatable bonds is 0. The van der Waals surface area contributed by atoms with Crippen LogP contribution in [0.25, 0.3) is 0 Å². The first-order valence-corrected chi connectivity index (χ1v) is 3.02. The highest BCUT2D eigenvalue weighted by atomic mass is 32.1. The number of hydrogen-bond donors (Lipinski definition) is 1. The summed E-state index contributed by atoms with van der Waals surface area (Å²) in [6.45, 7) is 0. The van der Waals surface area contributed by atoms with Gasteiger partial charge in [-0.05, 0) is 0 Å². The highest BCUT2D eigenvalue weighted by Crippen LogP contribution is 2.18.